The van der Waals surface area contributed by atoms with Crippen molar-refractivity contribution in [2.75, 3.05) is 17.7 Å². The summed E-state index contributed by atoms with van der Waals surface area (Å²) in [5.41, 5.74) is 7.84. The summed E-state index contributed by atoms with van der Waals surface area (Å²) < 4.78 is 0. The number of nitrogens with zero attached hydrogens (tertiary/aromatic N) is 2. The quantitative estimate of drug-likeness (QED) is 0.868. The minimum Gasteiger partial charge on any atom is -0.398 e. The van der Waals surface area contributed by atoms with Crippen molar-refractivity contribution in [2.24, 2.45) is 0 Å². The number of hydrogen-bond acceptors (Lipinski definition) is 4. The minimum absolute atomic E-state index is 0.369. The highest BCUT2D eigenvalue weighted by Crippen LogP contribution is 2.23. The van der Waals surface area contributed by atoms with Crippen molar-refractivity contribution in [3.8, 4) is 6.07 Å². The molecule has 0 spiro atoms. The molecule has 4 heteroatoms. The number of nitrogens with two attached hydrogens (primary N) is 1. The van der Waals surface area contributed by atoms with Crippen molar-refractivity contribution < 1.29 is 0 Å². The van der Waals surface area contributed by atoms with Crippen molar-refractivity contribution in [2.45, 2.75) is 19.4 Å². The molecule has 2 aromatic rings. The number of hydrogen-bond donors (Lipinski definition) is 1. The average Bonchev–Trinajstić information content (AvgIpc) is 2.91. The summed E-state index contributed by atoms with van der Waals surface area (Å²) in [5.74, 6) is 0. The fourth-order valence-corrected chi connectivity index (χ4v) is 2.80. The van der Waals surface area contributed by atoms with E-state index in [4.69, 9.17) is 11.0 Å². The maximum atomic E-state index is 9.02. The predicted molar refractivity (Wildman–Crippen MR) is 81.5 cm³/mol. The molecule has 1 aromatic carbocycles. The van der Waals surface area contributed by atoms with Crippen molar-refractivity contribution in [3.05, 3.63) is 46.2 Å². The number of thiophene rings is 1. The van der Waals surface area contributed by atoms with E-state index in [2.05, 4.69) is 35.4 Å². The van der Waals surface area contributed by atoms with Gasteiger partial charge in [-0.25, -0.2) is 0 Å². The molecule has 0 aliphatic carbocycles. The maximum Gasteiger partial charge on any atom is 0.101 e. The summed E-state index contributed by atoms with van der Waals surface area (Å²) >= 11 is 1.77. The van der Waals surface area contributed by atoms with Gasteiger partial charge in [0.15, 0.2) is 0 Å². The van der Waals surface area contributed by atoms with Gasteiger partial charge in [-0.2, -0.15) is 5.26 Å². The Morgan fingerprint density at radius 1 is 1.42 bits per heavy atom. The van der Waals surface area contributed by atoms with E-state index in [1.54, 1.807) is 17.4 Å². The van der Waals surface area contributed by atoms with E-state index in [1.165, 1.54) is 4.88 Å². The van der Waals surface area contributed by atoms with Crippen LogP contribution in [0.3, 0.4) is 0 Å². The van der Waals surface area contributed by atoms with Crippen LogP contribution in [0.5, 0.6) is 0 Å². The van der Waals surface area contributed by atoms with Gasteiger partial charge in [-0.15, -0.1) is 11.3 Å². The molecule has 3 nitrogen and oxygen atoms in total. The smallest absolute Gasteiger partial charge is 0.101 e. The first-order chi connectivity index (χ1) is 9.11. The monoisotopic (exact) mass is 271 g/mol. The van der Waals surface area contributed by atoms with E-state index in [1.807, 2.05) is 19.2 Å². The highest BCUT2D eigenvalue weighted by Gasteiger charge is 2.12. The van der Waals surface area contributed by atoms with Crippen LogP contribution in [0.25, 0.3) is 0 Å². The zero-order valence-corrected chi connectivity index (χ0v) is 11.9. The zero-order chi connectivity index (χ0) is 13.8. The number of nitrogen functional groups attached to an aromatic ring is 1. The zero-order valence-electron chi connectivity index (χ0n) is 11.1. The van der Waals surface area contributed by atoms with Crippen LogP contribution in [-0.2, 0) is 6.42 Å². The summed E-state index contributed by atoms with van der Waals surface area (Å²) in [6.07, 6.45) is 1.00. The number of nitriles is 1. The highest BCUT2D eigenvalue weighted by molar-refractivity contribution is 7.09. The fourth-order valence-electron chi connectivity index (χ4n) is 1.97. The molecular weight excluding hydrogens is 254 g/mol. The van der Waals surface area contributed by atoms with Crippen LogP contribution >= 0.6 is 11.3 Å². The third-order valence-electron chi connectivity index (χ3n) is 3.30. The Balaban J connectivity index is 2.15. The van der Waals surface area contributed by atoms with Crippen LogP contribution in [0.15, 0.2) is 35.7 Å². The molecule has 1 aromatic heterocycles. The van der Waals surface area contributed by atoms with Crippen LogP contribution in [0.4, 0.5) is 11.4 Å². The third-order valence-corrected chi connectivity index (χ3v) is 4.20. The average molecular weight is 271 g/mol. The topological polar surface area (TPSA) is 53.0 Å². The largest absolute Gasteiger partial charge is 0.398 e. The highest BCUT2D eigenvalue weighted by atomic mass is 32.1. The second-order valence-electron chi connectivity index (χ2n) is 4.63. The van der Waals surface area contributed by atoms with Gasteiger partial charge in [0.25, 0.3) is 0 Å². The summed E-state index contributed by atoms with van der Waals surface area (Å²) in [5, 5.41) is 11.1. The summed E-state index contributed by atoms with van der Waals surface area (Å²) in [4.78, 5) is 3.55. The van der Waals surface area contributed by atoms with E-state index in [9.17, 15) is 0 Å². The van der Waals surface area contributed by atoms with Crippen LogP contribution < -0.4 is 10.6 Å². The molecule has 2 rings (SSSR count). The van der Waals surface area contributed by atoms with Crippen molar-refractivity contribution in [3.63, 3.8) is 0 Å². The molecule has 0 fully saturated rings. The number of likely N-dealkylation sites (N-methyl/N-ethyl adjacent to an activating group) is 1. The molecule has 1 atom stereocenters. The molecule has 1 heterocycles. The standard InChI is InChI=1S/C15H17N3S/c1-11(8-14-4-3-7-19-14)18(2)13-5-6-15(17)12(9-13)10-16/h3-7,9,11H,8,17H2,1-2H3. The van der Waals surface area contributed by atoms with E-state index in [-0.39, 0.29) is 0 Å². The van der Waals surface area contributed by atoms with Gasteiger partial charge in [0.2, 0.25) is 0 Å². The lowest BCUT2D eigenvalue weighted by molar-refractivity contribution is 0.688. The Bertz CT molecular complexity index is 584. The first-order valence-corrected chi connectivity index (χ1v) is 7.04. The molecule has 0 radical (unpaired) electrons. The molecule has 0 bridgehead atoms. The molecule has 0 amide bonds. The molecule has 0 aliphatic heterocycles. The van der Waals surface area contributed by atoms with Crippen LogP contribution in [0.1, 0.15) is 17.4 Å². The summed E-state index contributed by atoms with van der Waals surface area (Å²) in [6, 6.07) is 12.3. The molecule has 2 N–H and O–H groups in total. The van der Waals surface area contributed by atoms with E-state index < -0.39 is 0 Å². The lowest BCUT2D eigenvalue weighted by Crippen LogP contribution is -2.30. The second-order valence-corrected chi connectivity index (χ2v) is 5.66. The number of anilines is 2. The Morgan fingerprint density at radius 2 is 2.21 bits per heavy atom. The Hall–Kier alpha value is -1.99. The van der Waals surface area contributed by atoms with Gasteiger partial charge in [0.05, 0.1) is 5.56 Å². The fraction of sp³-hybridized carbons (Fsp3) is 0.267. The Kier molecular flexibility index (Phi) is 4.08. The van der Waals surface area contributed by atoms with Gasteiger partial charge < -0.3 is 10.6 Å². The maximum absolute atomic E-state index is 9.02. The van der Waals surface area contributed by atoms with Gasteiger partial charge in [0.1, 0.15) is 6.07 Å². The minimum atomic E-state index is 0.369. The van der Waals surface area contributed by atoms with Gasteiger partial charge in [-0.3, -0.25) is 0 Å². The second kappa shape index (κ2) is 5.77. The molecule has 0 aliphatic rings. The molecule has 0 saturated carbocycles. The lowest BCUT2D eigenvalue weighted by atomic mass is 10.1. The van der Waals surface area contributed by atoms with Gasteiger partial charge in [-0.1, -0.05) is 6.07 Å². The van der Waals surface area contributed by atoms with E-state index in [0.29, 0.717) is 17.3 Å². The van der Waals surface area contributed by atoms with E-state index in [0.717, 1.165) is 12.1 Å². The van der Waals surface area contributed by atoms with Crippen LogP contribution in [0.2, 0.25) is 0 Å². The first-order valence-electron chi connectivity index (χ1n) is 6.16. The summed E-state index contributed by atoms with van der Waals surface area (Å²) in [6.45, 7) is 2.18. The molecular formula is C15H17N3S. The molecule has 1 unspecified atom stereocenters. The Morgan fingerprint density at radius 3 is 2.84 bits per heavy atom. The lowest BCUT2D eigenvalue weighted by Gasteiger charge is -2.27. The van der Waals surface area contributed by atoms with Crippen molar-refractivity contribution in [1.82, 2.24) is 0 Å². The van der Waals surface area contributed by atoms with Crippen LogP contribution in [0, 0.1) is 11.3 Å². The van der Waals surface area contributed by atoms with Gasteiger partial charge >= 0.3 is 0 Å². The Labute approximate surface area is 117 Å². The molecule has 0 saturated heterocycles. The predicted octanol–water partition coefficient (Wildman–Crippen LogP) is 3.27. The van der Waals surface area contributed by atoms with Crippen molar-refractivity contribution in [1.29, 1.82) is 5.26 Å². The summed E-state index contributed by atoms with van der Waals surface area (Å²) in [7, 11) is 2.05. The first kappa shape index (κ1) is 13.4. The van der Waals surface area contributed by atoms with Gasteiger partial charge in [0, 0.05) is 35.8 Å². The van der Waals surface area contributed by atoms with Crippen molar-refractivity contribution >= 4 is 22.7 Å². The molecule has 19 heavy (non-hydrogen) atoms. The van der Waals surface area contributed by atoms with Crippen LogP contribution in [-0.4, -0.2) is 13.1 Å². The number of rotatable bonds is 4. The number of benzene rings is 1. The van der Waals surface area contributed by atoms with E-state index >= 15 is 0 Å². The SMILES string of the molecule is CC(Cc1cccs1)N(C)c1ccc(N)c(C#N)c1. The molecule has 98 valence electrons. The normalized spacial score (nSPS) is 11.8. The van der Waals surface area contributed by atoms with Gasteiger partial charge in [-0.05, 0) is 36.6 Å². The third kappa shape index (κ3) is 3.07.